The van der Waals surface area contributed by atoms with Crippen molar-refractivity contribution < 1.29 is 22.7 Å². The van der Waals surface area contributed by atoms with Gasteiger partial charge in [-0.3, -0.25) is 4.72 Å². The van der Waals surface area contributed by atoms with Crippen molar-refractivity contribution >= 4 is 44.4 Å². The molecule has 0 spiro atoms. The predicted octanol–water partition coefficient (Wildman–Crippen LogP) is 3.10. The number of amides is 2. The topological polar surface area (TPSA) is 149 Å². The molecule has 2 aromatic carbocycles. The Hall–Kier alpha value is -3.64. The summed E-state index contributed by atoms with van der Waals surface area (Å²) in [6, 6.07) is 12.4. The molecule has 1 aromatic heterocycles. The number of rotatable bonds is 10. The lowest BCUT2D eigenvalue weighted by molar-refractivity contribution is 0.183. The summed E-state index contributed by atoms with van der Waals surface area (Å²) in [7, 11) is -0.549. The van der Waals surface area contributed by atoms with Crippen LogP contribution in [0, 0.1) is 5.92 Å². The van der Waals surface area contributed by atoms with Crippen LogP contribution in [0.3, 0.4) is 0 Å². The second kappa shape index (κ2) is 11.6. The van der Waals surface area contributed by atoms with Gasteiger partial charge in [0.05, 0.1) is 30.5 Å². The van der Waals surface area contributed by atoms with Crippen molar-refractivity contribution in [2.75, 3.05) is 49.7 Å². The number of carbonyl (C=O) groups is 1. The summed E-state index contributed by atoms with van der Waals surface area (Å²) in [5, 5.41) is 3.27. The fourth-order valence-electron chi connectivity index (χ4n) is 4.33. The van der Waals surface area contributed by atoms with Gasteiger partial charge in [-0.1, -0.05) is 18.2 Å². The second-order valence-corrected chi connectivity index (χ2v) is 10.7. The molecule has 0 radical (unpaired) electrons. The maximum Gasteiger partial charge on any atom is 0.314 e. The first-order valence-electron chi connectivity index (χ1n) is 12.0. The largest absolute Gasteiger partial charge is 0.497 e. The molecule has 2 heterocycles. The number of piperidine rings is 1. The average Bonchev–Trinajstić information content (AvgIpc) is 2.88. The number of anilines is 3. The van der Waals surface area contributed by atoms with E-state index in [-0.39, 0.29) is 23.3 Å². The number of methoxy groups -OCH3 is 2. The van der Waals surface area contributed by atoms with E-state index in [1.165, 1.54) is 4.90 Å². The Bertz CT molecular complexity index is 1360. The molecule has 11 nitrogen and oxygen atoms in total. The van der Waals surface area contributed by atoms with Gasteiger partial charge >= 0.3 is 6.03 Å². The van der Waals surface area contributed by atoms with Gasteiger partial charge < -0.3 is 25.4 Å². The Kier molecular flexibility index (Phi) is 8.29. The van der Waals surface area contributed by atoms with Gasteiger partial charge in [0.25, 0.3) is 0 Å². The van der Waals surface area contributed by atoms with Crippen LogP contribution in [0.5, 0.6) is 5.75 Å². The third kappa shape index (κ3) is 6.77. The number of aromatic nitrogens is 2. The molecule has 2 amide bonds. The summed E-state index contributed by atoms with van der Waals surface area (Å²) < 4.78 is 39.6. The number of hydrogen-bond donors (Lipinski definition) is 3. The van der Waals surface area contributed by atoms with Crippen molar-refractivity contribution in [1.82, 2.24) is 14.9 Å². The number of urea groups is 1. The van der Waals surface area contributed by atoms with Crippen LogP contribution in [0.4, 0.5) is 22.1 Å². The third-order valence-corrected chi connectivity index (χ3v) is 7.76. The van der Waals surface area contributed by atoms with Crippen LogP contribution in [-0.4, -0.2) is 69.0 Å². The molecule has 4 rings (SSSR count). The van der Waals surface area contributed by atoms with Crippen molar-refractivity contribution in [3.63, 3.8) is 0 Å². The Morgan fingerprint density at radius 3 is 2.38 bits per heavy atom. The average molecular weight is 529 g/mol. The SMILES string of the molecule is COCCc1ccc(OC)cc1Nc1nc2ccccc2nc1NS(=O)(=O)CC1CCN(C(N)=O)CC1. The predicted molar refractivity (Wildman–Crippen MR) is 143 cm³/mol. The van der Waals surface area contributed by atoms with Crippen molar-refractivity contribution in [3.8, 4) is 5.75 Å². The number of hydrogen-bond acceptors (Lipinski definition) is 8. The minimum Gasteiger partial charge on any atom is -0.497 e. The number of carbonyl (C=O) groups excluding carboxylic acids is 1. The van der Waals surface area contributed by atoms with Crippen LogP contribution in [0.25, 0.3) is 11.0 Å². The fourth-order valence-corrected chi connectivity index (χ4v) is 5.81. The van der Waals surface area contributed by atoms with E-state index in [9.17, 15) is 13.2 Å². The molecule has 1 aliphatic heterocycles. The van der Waals surface area contributed by atoms with Crippen molar-refractivity contribution in [2.45, 2.75) is 19.3 Å². The molecule has 0 unspecified atom stereocenters. The highest BCUT2D eigenvalue weighted by Gasteiger charge is 2.27. The zero-order chi connectivity index (χ0) is 26.4. The summed E-state index contributed by atoms with van der Waals surface area (Å²) in [5.41, 5.74) is 8.18. The lowest BCUT2D eigenvalue weighted by atomic mass is 9.99. The van der Waals surface area contributed by atoms with E-state index in [1.807, 2.05) is 36.4 Å². The van der Waals surface area contributed by atoms with E-state index in [0.717, 1.165) is 5.56 Å². The van der Waals surface area contributed by atoms with Gasteiger partial charge in [-0.2, -0.15) is 0 Å². The zero-order valence-corrected chi connectivity index (χ0v) is 21.8. The van der Waals surface area contributed by atoms with E-state index in [2.05, 4.69) is 20.0 Å². The number of likely N-dealkylation sites (tertiary alicyclic amines) is 1. The first-order valence-corrected chi connectivity index (χ1v) is 13.7. The monoisotopic (exact) mass is 528 g/mol. The summed E-state index contributed by atoms with van der Waals surface area (Å²) in [4.78, 5) is 22.2. The number of ether oxygens (including phenoxy) is 2. The molecule has 0 saturated carbocycles. The highest BCUT2D eigenvalue weighted by Crippen LogP contribution is 2.31. The number of nitrogens with two attached hydrogens (primary N) is 1. The number of primary amides is 1. The molecule has 0 bridgehead atoms. The van der Waals surface area contributed by atoms with Crippen LogP contribution in [-0.2, 0) is 21.2 Å². The third-order valence-electron chi connectivity index (χ3n) is 6.35. The fraction of sp³-hybridized carbons (Fsp3) is 0.400. The van der Waals surface area contributed by atoms with Crippen LogP contribution >= 0.6 is 0 Å². The zero-order valence-electron chi connectivity index (χ0n) is 20.9. The molecule has 4 N–H and O–H groups in total. The van der Waals surface area contributed by atoms with Gasteiger partial charge in [-0.05, 0) is 48.9 Å². The van der Waals surface area contributed by atoms with Crippen LogP contribution in [0.2, 0.25) is 0 Å². The lowest BCUT2D eigenvalue weighted by Gasteiger charge is -2.30. The summed E-state index contributed by atoms with van der Waals surface area (Å²) in [6.07, 6.45) is 1.75. The molecule has 0 atom stereocenters. The lowest BCUT2D eigenvalue weighted by Crippen LogP contribution is -2.43. The van der Waals surface area contributed by atoms with Gasteiger partial charge in [-0.15, -0.1) is 0 Å². The number of para-hydroxylation sites is 2. The Morgan fingerprint density at radius 2 is 1.76 bits per heavy atom. The van der Waals surface area contributed by atoms with Crippen molar-refractivity contribution in [1.29, 1.82) is 0 Å². The number of fused-ring (bicyclic) bond motifs is 1. The van der Waals surface area contributed by atoms with Gasteiger partial charge in [0.1, 0.15) is 5.75 Å². The number of nitrogens with one attached hydrogen (secondary N) is 2. The summed E-state index contributed by atoms with van der Waals surface area (Å²) in [6.45, 7) is 1.40. The molecule has 1 fully saturated rings. The van der Waals surface area contributed by atoms with E-state index < -0.39 is 16.1 Å². The van der Waals surface area contributed by atoms with E-state index in [1.54, 1.807) is 20.3 Å². The van der Waals surface area contributed by atoms with E-state index in [4.69, 9.17) is 15.2 Å². The van der Waals surface area contributed by atoms with E-state index >= 15 is 0 Å². The Labute approximate surface area is 216 Å². The molecular weight excluding hydrogens is 496 g/mol. The van der Waals surface area contributed by atoms with E-state index in [0.29, 0.717) is 61.4 Å². The molecule has 3 aromatic rings. The maximum absolute atomic E-state index is 13.2. The van der Waals surface area contributed by atoms with Gasteiger partial charge in [0.2, 0.25) is 10.0 Å². The minimum absolute atomic E-state index is 0.0915. The molecule has 1 saturated heterocycles. The highest BCUT2D eigenvalue weighted by molar-refractivity contribution is 7.92. The number of nitrogens with zero attached hydrogens (tertiary/aromatic N) is 3. The number of sulfonamides is 1. The van der Waals surface area contributed by atoms with Crippen LogP contribution in [0.15, 0.2) is 42.5 Å². The molecule has 198 valence electrons. The Morgan fingerprint density at radius 1 is 1.08 bits per heavy atom. The Balaban J connectivity index is 1.62. The smallest absolute Gasteiger partial charge is 0.314 e. The highest BCUT2D eigenvalue weighted by atomic mass is 32.2. The number of benzene rings is 2. The normalized spacial score (nSPS) is 14.5. The molecule has 12 heteroatoms. The van der Waals surface area contributed by atoms with Gasteiger partial charge in [0, 0.05) is 32.0 Å². The van der Waals surface area contributed by atoms with Crippen LogP contribution < -0.4 is 20.5 Å². The first kappa shape index (κ1) is 26.4. The molecule has 0 aliphatic carbocycles. The maximum atomic E-state index is 13.2. The van der Waals surface area contributed by atoms with Gasteiger partial charge in [0.15, 0.2) is 11.6 Å². The van der Waals surface area contributed by atoms with Gasteiger partial charge in [-0.25, -0.2) is 23.2 Å². The molecule has 37 heavy (non-hydrogen) atoms. The molecular formula is C25H32N6O5S. The summed E-state index contributed by atoms with van der Waals surface area (Å²) in [5.74, 6) is 0.830. The minimum atomic E-state index is -3.76. The van der Waals surface area contributed by atoms with Crippen molar-refractivity contribution in [2.24, 2.45) is 11.7 Å². The van der Waals surface area contributed by atoms with Crippen molar-refractivity contribution in [3.05, 3.63) is 48.0 Å². The van der Waals surface area contributed by atoms with Crippen LogP contribution in [0.1, 0.15) is 18.4 Å². The second-order valence-electron chi connectivity index (χ2n) is 8.95. The quantitative estimate of drug-likeness (QED) is 0.363. The summed E-state index contributed by atoms with van der Waals surface area (Å²) >= 11 is 0. The standard InChI is InChI=1S/C25H32N6O5S/c1-35-14-11-18-7-8-19(36-2)15-22(18)29-23-24(28-21-6-4-3-5-20(21)27-23)30-37(33,34)16-17-9-12-31(13-10-17)25(26)32/h3-8,15,17H,9-14,16H2,1-2H3,(H2,26,32)(H,27,29)(H,28,30). The first-order chi connectivity index (χ1) is 17.8. The molecule has 1 aliphatic rings.